The van der Waals surface area contributed by atoms with Gasteiger partial charge in [-0.3, -0.25) is 10.1 Å². The summed E-state index contributed by atoms with van der Waals surface area (Å²) in [5, 5.41) is 20.2. The number of esters is 1. The van der Waals surface area contributed by atoms with Crippen LogP contribution in [0.1, 0.15) is 22.8 Å². The lowest BCUT2D eigenvalue weighted by atomic mass is 10.0. The van der Waals surface area contributed by atoms with E-state index in [0.717, 1.165) is 0 Å². The summed E-state index contributed by atoms with van der Waals surface area (Å²) in [6.45, 7) is 1.16. The molecule has 110 valence electrons. The maximum Gasteiger partial charge on any atom is 0.424 e. The molecule has 0 radical (unpaired) electrons. The second-order valence-corrected chi connectivity index (χ2v) is 4.31. The van der Waals surface area contributed by atoms with E-state index in [1.54, 1.807) is 0 Å². The minimum Gasteiger partial charge on any atom is -0.501 e. The number of aromatic hydroxyl groups is 1. The molecule has 0 atom stereocenters. The van der Waals surface area contributed by atoms with E-state index in [9.17, 15) is 33.2 Å². The van der Waals surface area contributed by atoms with Crippen LogP contribution in [0.25, 0.3) is 0 Å². The highest BCUT2D eigenvalue weighted by Gasteiger charge is 2.45. The van der Waals surface area contributed by atoms with Gasteiger partial charge in [-0.15, -0.1) is 0 Å². The average molecular weight is 358 g/mol. The fraction of sp³-hybridized carbons (Fsp3) is 0.300. The lowest BCUT2D eigenvalue weighted by Crippen LogP contribution is -2.17. The molecule has 20 heavy (non-hydrogen) atoms. The van der Waals surface area contributed by atoms with Gasteiger partial charge in [0.05, 0.1) is 21.6 Å². The van der Waals surface area contributed by atoms with Crippen LogP contribution in [-0.2, 0) is 10.9 Å². The quantitative estimate of drug-likeness (QED) is 0.509. The fourth-order valence-electron chi connectivity index (χ4n) is 1.46. The molecule has 0 spiro atoms. The molecule has 0 unspecified atom stereocenters. The van der Waals surface area contributed by atoms with Crippen LogP contribution in [-0.4, -0.2) is 22.6 Å². The largest absolute Gasteiger partial charge is 0.501 e. The number of phenols is 1. The molecule has 0 aromatic heterocycles. The number of ether oxygens (including phenoxy) is 1. The van der Waals surface area contributed by atoms with Gasteiger partial charge in [-0.25, -0.2) is 4.79 Å². The van der Waals surface area contributed by atoms with Crippen molar-refractivity contribution in [2.24, 2.45) is 0 Å². The van der Waals surface area contributed by atoms with Crippen molar-refractivity contribution in [1.82, 2.24) is 0 Å². The van der Waals surface area contributed by atoms with Crippen molar-refractivity contribution in [2.45, 2.75) is 13.1 Å². The zero-order valence-corrected chi connectivity index (χ0v) is 11.4. The van der Waals surface area contributed by atoms with Gasteiger partial charge >= 0.3 is 17.8 Å². The van der Waals surface area contributed by atoms with Crippen LogP contribution in [0, 0.1) is 10.1 Å². The van der Waals surface area contributed by atoms with E-state index in [0.29, 0.717) is 6.07 Å². The van der Waals surface area contributed by atoms with E-state index in [1.165, 1.54) is 6.92 Å². The molecule has 0 fully saturated rings. The average Bonchev–Trinajstić information content (AvgIpc) is 2.30. The molecule has 10 heteroatoms. The number of carbonyl (C=O) groups excluding carboxylic acids is 1. The fourth-order valence-corrected chi connectivity index (χ4v) is 1.88. The summed E-state index contributed by atoms with van der Waals surface area (Å²) in [6.07, 6.45) is -5.21. The third kappa shape index (κ3) is 3.00. The summed E-state index contributed by atoms with van der Waals surface area (Å²) in [7, 11) is 0. The predicted molar refractivity (Wildman–Crippen MR) is 63.4 cm³/mol. The zero-order valence-electron chi connectivity index (χ0n) is 9.82. The third-order valence-electron chi connectivity index (χ3n) is 2.19. The molecule has 6 nitrogen and oxygen atoms in total. The first-order valence-corrected chi connectivity index (χ1v) is 5.84. The normalized spacial score (nSPS) is 11.2. The Balaban J connectivity index is 3.76. The maximum atomic E-state index is 12.9. The highest BCUT2D eigenvalue weighted by atomic mass is 79.9. The minimum atomic E-state index is -5.21. The monoisotopic (exact) mass is 357 g/mol. The Kier molecular flexibility index (Phi) is 4.58. The highest BCUT2D eigenvalue weighted by Crippen LogP contribution is 2.46. The van der Waals surface area contributed by atoms with Crippen molar-refractivity contribution < 1.29 is 32.7 Å². The molecule has 1 aromatic carbocycles. The molecule has 0 saturated heterocycles. The Morgan fingerprint density at radius 3 is 2.50 bits per heavy atom. The molecule has 1 N–H and O–H groups in total. The molecule has 0 amide bonds. The lowest BCUT2D eigenvalue weighted by Gasteiger charge is -2.14. The van der Waals surface area contributed by atoms with Gasteiger partial charge in [0.15, 0.2) is 5.56 Å². The van der Waals surface area contributed by atoms with Crippen LogP contribution < -0.4 is 0 Å². The van der Waals surface area contributed by atoms with Gasteiger partial charge in [-0.1, -0.05) is 0 Å². The summed E-state index contributed by atoms with van der Waals surface area (Å²) < 4.78 is 42.8. The second kappa shape index (κ2) is 5.65. The number of nitrogens with zero attached hydrogens (tertiary/aromatic N) is 1. The first-order valence-electron chi connectivity index (χ1n) is 5.05. The SMILES string of the molecule is CCOC(=O)c1cc(Br)c(O)c([N+](=O)[O-])c1C(F)(F)F. The minimum absolute atomic E-state index is 0.206. The van der Waals surface area contributed by atoms with Crippen molar-refractivity contribution in [3.63, 3.8) is 0 Å². The van der Waals surface area contributed by atoms with E-state index in [-0.39, 0.29) is 6.61 Å². The number of alkyl halides is 3. The molecule has 0 aliphatic heterocycles. The molecule has 0 bridgehead atoms. The van der Waals surface area contributed by atoms with Crippen molar-refractivity contribution >= 4 is 27.6 Å². The van der Waals surface area contributed by atoms with E-state index >= 15 is 0 Å². The Bertz CT molecular complexity index is 573. The van der Waals surface area contributed by atoms with Crippen molar-refractivity contribution in [3.05, 3.63) is 31.8 Å². The topological polar surface area (TPSA) is 89.7 Å². The van der Waals surface area contributed by atoms with Crippen molar-refractivity contribution in [2.75, 3.05) is 6.61 Å². The number of hydrogen-bond donors (Lipinski definition) is 1. The smallest absolute Gasteiger partial charge is 0.424 e. The second-order valence-electron chi connectivity index (χ2n) is 3.45. The summed E-state index contributed by atoms with van der Waals surface area (Å²) in [5.74, 6) is -2.58. The van der Waals surface area contributed by atoms with E-state index < -0.39 is 44.1 Å². The van der Waals surface area contributed by atoms with Gasteiger partial charge in [0.25, 0.3) is 0 Å². The van der Waals surface area contributed by atoms with E-state index in [4.69, 9.17) is 0 Å². The number of nitro groups is 1. The maximum absolute atomic E-state index is 12.9. The summed E-state index contributed by atoms with van der Waals surface area (Å²) in [4.78, 5) is 20.8. The van der Waals surface area contributed by atoms with Crippen LogP contribution in [0.15, 0.2) is 10.5 Å². The van der Waals surface area contributed by atoms with Crippen molar-refractivity contribution in [3.8, 4) is 5.75 Å². The number of rotatable bonds is 3. The molecule has 0 aliphatic rings. The van der Waals surface area contributed by atoms with Crippen LogP contribution in [0.2, 0.25) is 0 Å². The molecular weight excluding hydrogens is 351 g/mol. The first kappa shape index (κ1) is 16.2. The number of halogens is 4. The Morgan fingerprint density at radius 1 is 1.55 bits per heavy atom. The number of nitro benzene ring substituents is 1. The van der Waals surface area contributed by atoms with Crippen LogP contribution in [0.4, 0.5) is 18.9 Å². The molecule has 0 saturated carbocycles. The number of phenolic OH excluding ortho intramolecular Hbond substituents is 1. The van der Waals surface area contributed by atoms with Gasteiger partial charge in [0.2, 0.25) is 5.75 Å². The summed E-state index contributed by atoms with van der Waals surface area (Å²) >= 11 is 2.66. The highest BCUT2D eigenvalue weighted by molar-refractivity contribution is 9.10. The standard InChI is InChI=1S/C10H7BrF3NO5/c1-2-20-9(17)4-3-5(11)8(16)7(15(18)19)6(4)10(12,13)14/h3,16H,2H2,1H3. The molecule has 0 heterocycles. The Labute approximate surface area is 118 Å². The van der Waals surface area contributed by atoms with Gasteiger partial charge < -0.3 is 9.84 Å². The van der Waals surface area contributed by atoms with Gasteiger partial charge in [-0.05, 0) is 28.9 Å². The number of hydrogen-bond acceptors (Lipinski definition) is 5. The summed E-state index contributed by atoms with van der Waals surface area (Å²) in [5.41, 5.74) is -4.49. The Hall–Kier alpha value is -1.84. The Morgan fingerprint density at radius 2 is 2.10 bits per heavy atom. The molecule has 1 rings (SSSR count). The lowest BCUT2D eigenvalue weighted by molar-refractivity contribution is -0.389. The summed E-state index contributed by atoms with van der Waals surface area (Å²) in [6, 6.07) is 0.628. The van der Waals surface area contributed by atoms with Gasteiger partial charge in [0, 0.05) is 0 Å². The van der Waals surface area contributed by atoms with Crippen LogP contribution in [0.3, 0.4) is 0 Å². The molecular formula is C10H7BrF3NO5. The first-order chi connectivity index (χ1) is 9.11. The van der Waals surface area contributed by atoms with Crippen LogP contribution in [0.5, 0.6) is 5.75 Å². The van der Waals surface area contributed by atoms with E-state index in [2.05, 4.69) is 20.7 Å². The zero-order chi connectivity index (χ0) is 15.7. The number of benzene rings is 1. The molecule has 1 aromatic rings. The predicted octanol–water partition coefficient (Wildman–Crippen LogP) is 3.26. The number of carbonyl (C=O) groups is 1. The third-order valence-corrected chi connectivity index (χ3v) is 2.79. The van der Waals surface area contributed by atoms with Gasteiger partial charge in [0.1, 0.15) is 0 Å². The van der Waals surface area contributed by atoms with Gasteiger partial charge in [-0.2, -0.15) is 13.2 Å². The van der Waals surface area contributed by atoms with Crippen LogP contribution >= 0.6 is 15.9 Å². The van der Waals surface area contributed by atoms with Crippen molar-refractivity contribution in [1.29, 1.82) is 0 Å². The van der Waals surface area contributed by atoms with E-state index in [1.807, 2.05) is 0 Å². The molecule has 0 aliphatic carbocycles.